The minimum absolute atomic E-state index is 0.0668. The Labute approximate surface area is 126 Å². The molecule has 1 heterocycles. The maximum atomic E-state index is 12.1. The molecule has 4 amide bonds. The van der Waals surface area contributed by atoms with Crippen LogP contribution in [0.15, 0.2) is 24.3 Å². The van der Waals surface area contributed by atoms with E-state index in [9.17, 15) is 19.2 Å². The van der Waals surface area contributed by atoms with Crippen molar-refractivity contribution in [3.63, 3.8) is 0 Å². The van der Waals surface area contributed by atoms with Crippen LogP contribution in [0.3, 0.4) is 0 Å². The molecular weight excluding hydrogens is 290 g/mol. The van der Waals surface area contributed by atoms with E-state index in [1.165, 1.54) is 0 Å². The van der Waals surface area contributed by atoms with Crippen molar-refractivity contribution >= 4 is 23.8 Å². The number of hydrazine groups is 1. The van der Waals surface area contributed by atoms with Gasteiger partial charge in [0.1, 0.15) is 0 Å². The fourth-order valence-corrected chi connectivity index (χ4v) is 2.01. The zero-order valence-electron chi connectivity index (χ0n) is 11.9. The van der Waals surface area contributed by atoms with Crippen LogP contribution in [0, 0.1) is 0 Å². The van der Waals surface area contributed by atoms with Gasteiger partial charge >= 0.3 is 6.09 Å². The number of imide groups is 1. The molecule has 0 unspecified atom stereocenters. The number of benzene rings is 1. The Kier molecular flexibility index (Phi) is 4.72. The average molecular weight is 305 g/mol. The number of carbonyl (C=O) groups is 4. The second-order valence-corrected chi connectivity index (χ2v) is 4.45. The van der Waals surface area contributed by atoms with Crippen molar-refractivity contribution in [1.29, 1.82) is 0 Å². The zero-order valence-corrected chi connectivity index (χ0v) is 11.9. The summed E-state index contributed by atoms with van der Waals surface area (Å²) in [6.07, 6.45) is -0.908. The highest BCUT2D eigenvalue weighted by molar-refractivity contribution is 6.21. The molecule has 0 atom stereocenters. The second kappa shape index (κ2) is 6.70. The fourth-order valence-electron chi connectivity index (χ4n) is 2.01. The Hall–Kier alpha value is -2.90. The molecular formula is C14H15N3O5. The molecule has 8 heteroatoms. The van der Waals surface area contributed by atoms with E-state index in [4.69, 9.17) is 0 Å². The molecule has 0 saturated heterocycles. The van der Waals surface area contributed by atoms with Crippen molar-refractivity contribution in [1.82, 2.24) is 15.8 Å². The van der Waals surface area contributed by atoms with E-state index in [0.29, 0.717) is 11.1 Å². The third-order valence-electron chi connectivity index (χ3n) is 3.02. The lowest BCUT2D eigenvalue weighted by Gasteiger charge is -2.13. The van der Waals surface area contributed by atoms with Crippen molar-refractivity contribution < 1.29 is 23.9 Å². The summed E-state index contributed by atoms with van der Waals surface area (Å²) >= 11 is 0. The first kappa shape index (κ1) is 15.5. The van der Waals surface area contributed by atoms with Crippen LogP contribution in [-0.2, 0) is 9.53 Å². The number of nitrogens with one attached hydrogen (secondary N) is 2. The van der Waals surface area contributed by atoms with Crippen LogP contribution >= 0.6 is 0 Å². The molecule has 0 aliphatic carbocycles. The molecule has 116 valence electrons. The van der Waals surface area contributed by atoms with Crippen molar-refractivity contribution in [2.45, 2.75) is 13.3 Å². The molecule has 8 nitrogen and oxygen atoms in total. The Morgan fingerprint density at radius 2 is 1.68 bits per heavy atom. The standard InChI is InChI=1S/C14H15N3O5/c1-2-22-14(21)16-15-11(18)7-8-17-12(19)9-5-3-4-6-10(9)13(17)20/h3-6H,2,7-8H2,1H3,(H,15,18)(H,16,21). The van der Waals surface area contributed by atoms with Gasteiger partial charge < -0.3 is 4.74 Å². The minimum Gasteiger partial charge on any atom is -0.449 e. The van der Waals surface area contributed by atoms with Crippen LogP contribution < -0.4 is 10.9 Å². The van der Waals surface area contributed by atoms with Gasteiger partial charge in [0.05, 0.1) is 17.7 Å². The molecule has 1 aliphatic rings. The van der Waals surface area contributed by atoms with Gasteiger partial charge in [0, 0.05) is 13.0 Å². The number of amides is 4. The first-order valence-corrected chi connectivity index (χ1v) is 6.71. The van der Waals surface area contributed by atoms with E-state index in [1.807, 2.05) is 5.43 Å². The van der Waals surface area contributed by atoms with Crippen LogP contribution in [0.25, 0.3) is 0 Å². The van der Waals surface area contributed by atoms with E-state index in [0.717, 1.165) is 4.90 Å². The number of rotatable bonds is 4. The first-order valence-electron chi connectivity index (χ1n) is 6.71. The summed E-state index contributed by atoms with van der Waals surface area (Å²) in [5.74, 6) is -1.39. The number of hydrogen-bond donors (Lipinski definition) is 2. The second-order valence-electron chi connectivity index (χ2n) is 4.45. The molecule has 0 bridgehead atoms. The highest BCUT2D eigenvalue weighted by Gasteiger charge is 2.34. The Bertz CT molecular complexity index is 594. The van der Waals surface area contributed by atoms with Crippen LogP contribution in [0.4, 0.5) is 4.79 Å². The van der Waals surface area contributed by atoms with Crippen LogP contribution in [0.5, 0.6) is 0 Å². The Balaban J connectivity index is 1.86. The zero-order chi connectivity index (χ0) is 16.1. The predicted molar refractivity (Wildman–Crippen MR) is 74.7 cm³/mol. The SMILES string of the molecule is CCOC(=O)NNC(=O)CCN1C(=O)c2ccccc2C1=O. The highest BCUT2D eigenvalue weighted by atomic mass is 16.5. The quantitative estimate of drug-likeness (QED) is 0.621. The lowest BCUT2D eigenvalue weighted by molar-refractivity contribution is -0.122. The molecule has 0 fully saturated rings. The summed E-state index contributed by atoms with van der Waals surface area (Å²) in [6.45, 7) is 1.74. The normalized spacial score (nSPS) is 12.9. The van der Waals surface area contributed by atoms with Crippen LogP contribution in [0.1, 0.15) is 34.1 Å². The van der Waals surface area contributed by atoms with Gasteiger partial charge in [0.25, 0.3) is 11.8 Å². The average Bonchev–Trinajstić information content (AvgIpc) is 2.76. The van der Waals surface area contributed by atoms with E-state index < -0.39 is 23.8 Å². The van der Waals surface area contributed by atoms with Crippen LogP contribution in [-0.4, -0.2) is 41.9 Å². The molecule has 22 heavy (non-hydrogen) atoms. The monoisotopic (exact) mass is 305 g/mol. The molecule has 2 N–H and O–H groups in total. The highest BCUT2D eigenvalue weighted by Crippen LogP contribution is 2.22. The summed E-state index contributed by atoms with van der Waals surface area (Å²) in [5, 5.41) is 0. The number of nitrogens with zero attached hydrogens (tertiary/aromatic N) is 1. The van der Waals surface area contributed by atoms with Gasteiger partial charge in [0.15, 0.2) is 0 Å². The van der Waals surface area contributed by atoms with Crippen molar-refractivity contribution in [2.75, 3.05) is 13.2 Å². The van der Waals surface area contributed by atoms with Gasteiger partial charge in [-0.15, -0.1) is 0 Å². The lowest BCUT2D eigenvalue weighted by atomic mass is 10.1. The predicted octanol–water partition coefficient (Wildman–Crippen LogP) is 0.450. The third-order valence-corrected chi connectivity index (χ3v) is 3.02. The topological polar surface area (TPSA) is 105 Å². The summed E-state index contributed by atoms with van der Waals surface area (Å²) in [6, 6.07) is 6.48. The summed E-state index contributed by atoms with van der Waals surface area (Å²) in [5.41, 5.74) is 4.84. The van der Waals surface area contributed by atoms with E-state index in [1.54, 1.807) is 31.2 Å². The fraction of sp³-hybridized carbons (Fsp3) is 0.286. The Morgan fingerprint density at radius 3 is 2.23 bits per heavy atom. The maximum absolute atomic E-state index is 12.1. The number of fused-ring (bicyclic) bond motifs is 1. The van der Waals surface area contributed by atoms with Gasteiger partial charge in [-0.1, -0.05) is 12.1 Å². The molecule has 0 aromatic heterocycles. The van der Waals surface area contributed by atoms with Gasteiger partial charge in [-0.25, -0.2) is 10.2 Å². The van der Waals surface area contributed by atoms with E-state index >= 15 is 0 Å². The van der Waals surface area contributed by atoms with Gasteiger partial charge in [-0.05, 0) is 19.1 Å². The minimum atomic E-state index is -0.781. The van der Waals surface area contributed by atoms with E-state index in [-0.39, 0.29) is 19.6 Å². The number of ether oxygens (including phenoxy) is 1. The Morgan fingerprint density at radius 1 is 1.09 bits per heavy atom. The van der Waals surface area contributed by atoms with E-state index in [2.05, 4.69) is 10.2 Å². The van der Waals surface area contributed by atoms with Crippen molar-refractivity contribution in [3.8, 4) is 0 Å². The molecule has 0 radical (unpaired) electrons. The van der Waals surface area contributed by atoms with Gasteiger partial charge in [-0.3, -0.25) is 24.7 Å². The third kappa shape index (κ3) is 3.22. The van der Waals surface area contributed by atoms with Gasteiger partial charge in [-0.2, -0.15) is 0 Å². The number of carbonyl (C=O) groups excluding carboxylic acids is 4. The maximum Gasteiger partial charge on any atom is 0.426 e. The molecule has 1 aliphatic heterocycles. The summed E-state index contributed by atoms with van der Waals surface area (Å²) in [7, 11) is 0. The molecule has 1 aromatic rings. The van der Waals surface area contributed by atoms with Crippen LogP contribution in [0.2, 0.25) is 0 Å². The van der Waals surface area contributed by atoms with Crippen molar-refractivity contribution in [2.24, 2.45) is 0 Å². The summed E-state index contributed by atoms with van der Waals surface area (Å²) in [4.78, 5) is 47.7. The summed E-state index contributed by atoms with van der Waals surface area (Å²) < 4.78 is 4.56. The van der Waals surface area contributed by atoms with Gasteiger partial charge in [0.2, 0.25) is 5.91 Å². The number of hydrogen-bond acceptors (Lipinski definition) is 5. The lowest BCUT2D eigenvalue weighted by Crippen LogP contribution is -2.43. The first-order chi connectivity index (χ1) is 10.5. The smallest absolute Gasteiger partial charge is 0.426 e. The molecule has 1 aromatic carbocycles. The van der Waals surface area contributed by atoms with Crippen molar-refractivity contribution in [3.05, 3.63) is 35.4 Å². The molecule has 2 rings (SSSR count). The molecule has 0 spiro atoms. The molecule has 0 saturated carbocycles. The largest absolute Gasteiger partial charge is 0.449 e.